The van der Waals surface area contributed by atoms with E-state index < -0.39 is 0 Å². The number of anilines is 1. The molecule has 0 bridgehead atoms. The third kappa shape index (κ3) is 3.73. The van der Waals surface area contributed by atoms with Crippen LogP contribution in [0.4, 0.5) is 5.69 Å². The molecular weight excluding hydrogens is 326 g/mol. The summed E-state index contributed by atoms with van der Waals surface area (Å²) in [5.41, 5.74) is 0.811. The number of hydrogen-bond acceptors (Lipinski definition) is 3. The zero-order valence-corrected chi connectivity index (χ0v) is 14.8. The summed E-state index contributed by atoms with van der Waals surface area (Å²) in [4.78, 5) is 28.8. The van der Waals surface area contributed by atoms with Gasteiger partial charge in [0.15, 0.2) is 0 Å². The molecule has 1 aromatic carbocycles. The molecular formula is C18H24ClN3O2. The van der Waals surface area contributed by atoms with Crippen LogP contribution < -0.4 is 10.2 Å². The van der Waals surface area contributed by atoms with Crippen LogP contribution >= 0.6 is 11.6 Å². The minimum atomic E-state index is -0.235. The molecule has 1 N–H and O–H groups in total. The van der Waals surface area contributed by atoms with Crippen LogP contribution in [-0.4, -0.2) is 49.9 Å². The van der Waals surface area contributed by atoms with Crippen LogP contribution in [0.15, 0.2) is 24.3 Å². The number of piperidine rings is 1. The van der Waals surface area contributed by atoms with Crippen molar-refractivity contribution in [3.05, 3.63) is 29.3 Å². The Bertz CT molecular complexity index is 603. The standard InChI is InChI=1S/C18H24ClN3O2/c1-20-10-13-3-2-8-21(11-13)18(24)14-9-17(23)22(12-14)16-6-4-15(19)5-7-16/h4-7,13-14,20H,2-3,8-12H2,1H3. The maximum absolute atomic E-state index is 12.8. The van der Waals surface area contributed by atoms with Gasteiger partial charge in [-0.15, -0.1) is 0 Å². The van der Waals surface area contributed by atoms with Crippen molar-refractivity contribution in [2.75, 3.05) is 38.1 Å². The van der Waals surface area contributed by atoms with Crippen molar-refractivity contribution >= 4 is 29.1 Å². The van der Waals surface area contributed by atoms with E-state index in [9.17, 15) is 9.59 Å². The molecule has 0 radical (unpaired) electrons. The van der Waals surface area contributed by atoms with Crippen molar-refractivity contribution in [3.8, 4) is 0 Å². The van der Waals surface area contributed by atoms with E-state index in [1.807, 2.05) is 24.1 Å². The highest BCUT2D eigenvalue weighted by Crippen LogP contribution is 2.28. The van der Waals surface area contributed by atoms with Gasteiger partial charge in [0.2, 0.25) is 11.8 Å². The van der Waals surface area contributed by atoms with Gasteiger partial charge in [0.25, 0.3) is 0 Å². The summed E-state index contributed by atoms with van der Waals surface area (Å²) < 4.78 is 0. The van der Waals surface area contributed by atoms with Gasteiger partial charge in [0, 0.05) is 36.8 Å². The Morgan fingerprint density at radius 2 is 2.04 bits per heavy atom. The first kappa shape index (κ1) is 17.2. The molecule has 6 heteroatoms. The predicted molar refractivity (Wildman–Crippen MR) is 95.1 cm³/mol. The molecule has 2 amide bonds. The van der Waals surface area contributed by atoms with E-state index in [2.05, 4.69) is 5.32 Å². The predicted octanol–water partition coefficient (Wildman–Crippen LogP) is 2.15. The largest absolute Gasteiger partial charge is 0.342 e. The zero-order chi connectivity index (χ0) is 17.1. The Balaban J connectivity index is 1.64. The van der Waals surface area contributed by atoms with E-state index in [1.54, 1.807) is 17.0 Å². The molecule has 3 rings (SSSR count). The number of likely N-dealkylation sites (tertiary alicyclic amines) is 1. The summed E-state index contributed by atoms with van der Waals surface area (Å²) in [6.45, 7) is 3.01. The number of amides is 2. The summed E-state index contributed by atoms with van der Waals surface area (Å²) >= 11 is 5.91. The number of nitrogens with one attached hydrogen (secondary N) is 1. The van der Waals surface area contributed by atoms with Gasteiger partial charge in [-0.2, -0.15) is 0 Å². The van der Waals surface area contributed by atoms with E-state index in [-0.39, 0.29) is 17.7 Å². The first-order chi connectivity index (χ1) is 11.6. The van der Waals surface area contributed by atoms with E-state index in [0.717, 1.165) is 38.2 Å². The smallest absolute Gasteiger partial charge is 0.228 e. The Morgan fingerprint density at radius 3 is 2.75 bits per heavy atom. The number of nitrogens with zero attached hydrogens (tertiary/aromatic N) is 2. The summed E-state index contributed by atoms with van der Waals surface area (Å²) in [5, 5.41) is 3.84. The minimum absolute atomic E-state index is 0.0134. The molecule has 0 aliphatic carbocycles. The van der Waals surface area contributed by atoms with Gasteiger partial charge in [-0.1, -0.05) is 11.6 Å². The maximum atomic E-state index is 12.8. The van der Waals surface area contributed by atoms with Crippen LogP contribution in [0.5, 0.6) is 0 Å². The molecule has 2 unspecified atom stereocenters. The van der Waals surface area contributed by atoms with E-state index >= 15 is 0 Å². The first-order valence-corrected chi connectivity index (χ1v) is 8.95. The highest BCUT2D eigenvalue weighted by atomic mass is 35.5. The Labute approximate surface area is 147 Å². The van der Waals surface area contributed by atoms with Gasteiger partial charge < -0.3 is 15.1 Å². The van der Waals surface area contributed by atoms with Crippen molar-refractivity contribution in [2.45, 2.75) is 19.3 Å². The van der Waals surface area contributed by atoms with E-state index in [0.29, 0.717) is 23.9 Å². The van der Waals surface area contributed by atoms with Crippen LogP contribution in [0.25, 0.3) is 0 Å². The summed E-state index contributed by atoms with van der Waals surface area (Å²) in [6.07, 6.45) is 2.50. The molecule has 0 aromatic heterocycles. The van der Waals surface area contributed by atoms with Crippen LogP contribution in [0, 0.1) is 11.8 Å². The van der Waals surface area contributed by atoms with Gasteiger partial charge in [-0.25, -0.2) is 0 Å². The van der Waals surface area contributed by atoms with Crippen molar-refractivity contribution in [3.63, 3.8) is 0 Å². The van der Waals surface area contributed by atoms with Crippen LogP contribution in [0.2, 0.25) is 5.02 Å². The number of halogens is 1. The molecule has 1 aromatic rings. The lowest BCUT2D eigenvalue weighted by Gasteiger charge is -2.34. The lowest BCUT2D eigenvalue weighted by atomic mass is 9.96. The monoisotopic (exact) mass is 349 g/mol. The zero-order valence-electron chi connectivity index (χ0n) is 14.0. The molecule has 130 valence electrons. The molecule has 2 atom stereocenters. The van der Waals surface area contributed by atoms with Gasteiger partial charge in [-0.05, 0) is 56.6 Å². The third-order valence-corrected chi connectivity index (χ3v) is 5.19. The summed E-state index contributed by atoms with van der Waals surface area (Å²) in [7, 11) is 1.94. The van der Waals surface area contributed by atoms with Crippen LogP contribution in [0.3, 0.4) is 0 Å². The summed E-state index contributed by atoms with van der Waals surface area (Å²) in [6, 6.07) is 7.20. The topological polar surface area (TPSA) is 52.7 Å². The Kier molecular flexibility index (Phi) is 5.41. The van der Waals surface area contributed by atoms with Crippen LogP contribution in [0.1, 0.15) is 19.3 Å². The molecule has 2 fully saturated rings. The fourth-order valence-electron chi connectivity index (χ4n) is 3.72. The lowest BCUT2D eigenvalue weighted by Crippen LogP contribution is -2.45. The van der Waals surface area contributed by atoms with Crippen molar-refractivity contribution in [2.24, 2.45) is 11.8 Å². The Hall–Kier alpha value is -1.59. The van der Waals surface area contributed by atoms with Crippen LogP contribution in [-0.2, 0) is 9.59 Å². The minimum Gasteiger partial charge on any atom is -0.342 e. The molecule has 2 saturated heterocycles. The van der Waals surface area contributed by atoms with Gasteiger partial charge >= 0.3 is 0 Å². The number of hydrogen-bond donors (Lipinski definition) is 1. The van der Waals surface area contributed by atoms with Crippen molar-refractivity contribution in [1.29, 1.82) is 0 Å². The molecule has 0 spiro atoms. The van der Waals surface area contributed by atoms with Crippen molar-refractivity contribution < 1.29 is 9.59 Å². The van der Waals surface area contributed by atoms with E-state index in [1.165, 1.54) is 0 Å². The highest BCUT2D eigenvalue weighted by Gasteiger charge is 2.38. The fourth-order valence-corrected chi connectivity index (χ4v) is 3.85. The molecule has 24 heavy (non-hydrogen) atoms. The van der Waals surface area contributed by atoms with Gasteiger partial charge in [0.1, 0.15) is 0 Å². The molecule has 5 nitrogen and oxygen atoms in total. The van der Waals surface area contributed by atoms with Crippen molar-refractivity contribution in [1.82, 2.24) is 10.2 Å². The second-order valence-electron chi connectivity index (χ2n) is 6.73. The normalized spacial score (nSPS) is 24.5. The SMILES string of the molecule is CNCC1CCCN(C(=O)C2CC(=O)N(c3ccc(Cl)cc3)C2)C1. The molecule has 2 aliphatic rings. The average molecular weight is 350 g/mol. The van der Waals surface area contributed by atoms with Gasteiger partial charge in [0.05, 0.1) is 5.92 Å². The second kappa shape index (κ2) is 7.53. The first-order valence-electron chi connectivity index (χ1n) is 8.58. The number of benzene rings is 1. The number of carbonyl (C=O) groups excluding carboxylic acids is 2. The average Bonchev–Trinajstić information content (AvgIpc) is 2.97. The third-order valence-electron chi connectivity index (χ3n) is 4.94. The number of carbonyl (C=O) groups is 2. The Morgan fingerprint density at radius 1 is 1.29 bits per heavy atom. The lowest BCUT2D eigenvalue weighted by molar-refractivity contribution is -0.137. The second-order valence-corrected chi connectivity index (χ2v) is 7.17. The quantitative estimate of drug-likeness (QED) is 0.906. The molecule has 2 heterocycles. The van der Waals surface area contributed by atoms with E-state index in [4.69, 9.17) is 11.6 Å². The fraction of sp³-hybridized carbons (Fsp3) is 0.556. The highest BCUT2D eigenvalue weighted by molar-refractivity contribution is 6.30. The molecule has 0 saturated carbocycles. The number of rotatable bonds is 4. The van der Waals surface area contributed by atoms with Gasteiger partial charge in [-0.3, -0.25) is 9.59 Å². The molecule has 2 aliphatic heterocycles. The maximum Gasteiger partial charge on any atom is 0.228 e. The summed E-state index contributed by atoms with van der Waals surface area (Å²) in [5.74, 6) is 0.416.